The first-order chi connectivity index (χ1) is 12.1. The summed E-state index contributed by atoms with van der Waals surface area (Å²) in [7, 11) is -1.67. The SMILES string of the molecule is CC(=c1ccc2c(c1NC(C)(C)C)[C-]=c1ccccc1=2)[Si](C)(C)CCO.[Cl-].[Cl-].[Ti+3]. The fourth-order valence-corrected chi connectivity index (χ4v) is 5.44. The topological polar surface area (TPSA) is 32.3 Å². The van der Waals surface area contributed by atoms with Gasteiger partial charge in [0.05, 0.1) is 8.07 Å². The van der Waals surface area contributed by atoms with Crippen molar-refractivity contribution in [2.24, 2.45) is 0 Å². The van der Waals surface area contributed by atoms with E-state index >= 15 is 0 Å². The van der Waals surface area contributed by atoms with Crippen LogP contribution in [0.2, 0.25) is 19.1 Å². The van der Waals surface area contributed by atoms with Crippen LogP contribution in [0.4, 0.5) is 5.69 Å². The number of halogens is 2. The molecule has 155 valence electrons. The minimum Gasteiger partial charge on any atom is -1.00 e. The number of anilines is 1. The number of aliphatic hydroxyl groups is 1. The summed E-state index contributed by atoms with van der Waals surface area (Å²) in [5, 5.41) is 19.7. The van der Waals surface area contributed by atoms with Gasteiger partial charge in [0.1, 0.15) is 0 Å². The van der Waals surface area contributed by atoms with Crippen molar-refractivity contribution in [3.63, 3.8) is 0 Å². The van der Waals surface area contributed by atoms with E-state index in [9.17, 15) is 5.11 Å². The van der Waals surface area contributed by atoms with E-state index in [2.05, 4.69) is 88.6 Å². The van der Waals surface area contributed by atoms with Gasteiger partial charge in [0.25, 0.3) is 0 Å². The summed E-state index contributed by atoms with van der Waals surface area (Å²) in [4.78, 5) is 0. The molecule has 2 N–H and O–H groups in total. The summed E-state index contributed by atoms with van der Waals surface area (Å²) in [6, 6.07) is 13.9. The monoisotopic (exact) mass is 482 g/mol. The van der Waals surface area contributed by atoms with Gasteiger partial charge in [0.15, 0.2) is 0 Å². The number of fused-ring (bicyclic) bond motifs is 2. The number of benzene rings is 2. The fraction of sp³-hybridized carbons (Fsp3) is 0.391. The Morgan fingerprint density at radius 2 is 1.66 bits per heavy atom. The van der Waals surface area contributed by atoms with Crippen molar-refractivity contribution >= 4 is 25.0 Å². The molecule has 0 spiro atoms. The van der Waals surface area contributed by atoms with Gasteiger partial charge < -0.3 is 35.2 Å². The first-order valence-electron chi connectivity index (χ1n) is 9.41. The molecule has 0 unspecified atom stereocenters. The average Bonchev–Trinajstić information content (AvgIpc) is 2.92. The number of hydrogen-bond acceptors (Lipinski definition) is 2. The summed E-state index contributed by atoms with van der Waals surface area (Å²) >= 11 is 0. The molecule has 0 aromatic heterocycles. The van der Waals surface area contributed by atoms with Crippen LogP contribution in [0.15, 0.2) is 36.4 Å². The van der Waals surface area contributed by atoms with Crippen LogP contribution in [0.3, 0.4) is 0 Å². The van der Waals surface area contributed by atoms with E-state index in [1.54, 1.807) is 0 Å². The van der Waals surface area contributed by atoms with Crippen molar-refractivity contribution in [3.05, 3.63) is 62.8 Å². The molecule has 2 nitrogen and oxygen atoms in total. The van der Waals surface area contributed by atoms with Gasteiger partial charge in [0, 0.05) is 12.1 Å². The molecule has 2 aromatic rings. The summed E-state index contributed by atoms with van der Waals surface area (Å²) in [5.74, 6) is 0. The Morgan fingerprint density at radius 3 is 2.24 bits per heavy atom. The first-order valence-corrected chi connectivity index (χ1v) is 12.6. The van der Waals surface area contributed by atoms with Crippen molar-refractivity contribution in [2.45, 2.75) is 52.4 Å². The molecule has 1 radical (unpaired) electrons. The molecule has 0 atom stereocenters. The van der Waals surface area contributed by atoms with Crippen LogP contribution in [-0.2, 0) is 21.7 Å². The summed E-state index contributed by atoms with van der Waals surface area (Å²) in [6.07, 6.45) is 3.64. The first kappa shape index (κ1) is 28.5. The molecular formula is C23H30Cl2NOSiTi. The minimum absolute atomic E-state index is 0. The standard InChI is InChI=1S/C23H30NOSi.2ClH.Ti/c1-16(26(5,6)14-13-25)18-11-12-20-19-10-8-7-9-17(19)15-21(20)22(18)24-23(2,3)4;;;/h7-12,24-25H,13-14H2,1-6H3;2*1H;/q-1;;;+3/p-2. The largest absolute Gasteiger partial charge is 3.00 e. The zero-order valence-corrected chi connectivity index (χ0v) is 22.2. The van der Waals surface area contributed by atoms with Gasteiger partial charge in [-0.2, -0.15) is 0 Å². The maximum Gasteiger partial charge on any atom is 3.00 e. The Labute approximate surface area is 202 Å². The smallest absolute Gasteiger partial charge is 1.00 e. The van der Waals surface area contributed by atoms with Crippen LogP contribution in [0, 0.1) is 10.4 Å². The van der Waals surface area contributed by atoms with Crippen LogP contribution in [0.5, 0.6) is 0 Å². The van der Waals surface area contributed by atoms with Crippen LogP contribution in [-0.4, -0.2) is 25.3 Å². The molecule has 0 heterocycles. The Bertz CT molecular complexity index is 1060. The second-order valence-corrected chi connectivity index (χ2v) is 14.0. The van der Waals surface area contributed by atoms with E-state index in [0.29, 0.717) is 0 Å². The van der Waals surface area contributed by atoms with Gasteiger partial charge in [0.2, 0.25) is 0 Å². The molecule has 3 rings (SSSR count). The molecule has 6 heteroatoms. The summed E-state index contributed by atoms with van der Waals surface area (Å²) < 4.78 is 0. The summed E-state index contributed by atoms with van der Waals surface area (Å²) in [6.45, 7) is 13.8. The molecule has 1 aliphatic rings. The van der Waals surface area contributed by atoms with Gasteiger partial charge in [-0.15, -0.1) is 27.8 Å². The predicted molar refractivity (Wildman–Crippen MR) is 114 cm³/mol. The van der Waals surface area contributed by atoms with Gasteiger partial charge in [-0.25, -0.2) is 0 Å². The Hall–Kier alpha value is -0.549. The average molecular weight is 483 g/mol. The molecule has 2 aromatic carbocycles. The quantitative estimate of drug-likeness (QED) is 0.321. The van der Waals surface area contributed by atoms with Crippen LogP contribution < -0.4 is 40.6 Å². The number of nitrogens with one attached hydrogen (secondary N) is 1. The molecular weight excluding hydrogens is 453 g/mol. The molecule has 0 saturated heterocycles. The second kappa shape index (κ2) is 10.7. The molecule has 0 saturated carbocycles. The fourth-order valence-electron chi connectivity index (χ4n) is 3.57. The van der Waals surface area contributed by atoms with Crippen LogP contribution in [0.25, 0.3) is 11.3 Å². The molecule has 0 fully saturated rings. The Balaban J connectivity index is 0.00000261. The molecule has 0 bridgehead atoms. The van der Waals surface area contributed by atoms with Crippen molar-refractivity contribution in [2.75, 3.05) is 11.9 Å². The van der Waals surface area contributed by atoms with Crippen molar-refractivity contribution in [3.8, 4) is 0 Å². The van der Waals surface area contributed by atoms with Crippen molar-refractivity contribution < 1.29 is 51.6 Å². The van der Waals surface area contributed by atoms with E-state index in [4.69, 9.17) is 0 Å². The maximum atomic E-state index is 9.52. The van der Waals surface area contributed by atoms with Crippen LogP contribution >= 0.6 is 0 Å². The molecule has 0 amide bonds. The zero-order chi connectivity index (χ0) is 19.1. The molecule has 29 heavy (non-hydrogen) atoms. The van der Waals surface area contributed by atoms with Gasteiger partial charge in [-0.1, -0.05) is 54.2 Å². The second-order valence-electron chi connectivity index (χ2n) is 8.94. The van der Waals surface area contributed by atoms with E-state index in [1.807, 2.05) is 0 Å². The Morgan fingerprint density at radius 1 is 1.03 bits per heavy atom. The third-order valence-electron chi connectivity index (χ3n) is 5.34. The predicted octanol–water partition coefficient (Wildman–Crippen LogP) is -2.38. The van der Waals surface area contributed by atoms with E-state index < -0.39 is 8.07 Å². The van der Waals surface area contributed by atoms with E-state index in [0.717, 1.165) is 6.04 Å². The van der Waals surface area contributed by atoms with Gasteiger partial charge in [-0.05, 0) is 44.6 Å². The van der Waals surface area contributed by atoms with Crippen molar-refractivity contribution in [1.82, 2.24) is 0 Å². The Kier molecular flexibility index (Phi) is 10.5. The normalized spacial score (nSPS) is 12.9. The van der Waals surface area contributed by atoms with Crippen LogP contribution in [0.1, 0.15) is 33.3 Å². The van der Waals surface area contributed by atoms with Crippen molar-refractivity contribution in [1.29, 1.82) is 0 Å². The molecule has 1 aliphatic carbocycles. The van der Waals surface area contributed by atoms with E-state index in [1.165, 1.54) is 37.3 Å². The van der Waals surface area contributed by atoms with Gasteiger partial charge >= 0.3 is 21.7 Å². The summed E-state index contributed by atoms with van der Waals surface area (Å²) in [5.41, 5.74) is 2.32. The van der Waals surface area contributed by atoms with Gasteiger partial charge in [-0.3, -0.25) is 0 Å². The molecule has 0 aliphatic heterocycles. The maximum absolute atomic E-state index is 9.52. The number of aliphatic hydroxyl groups excluding tert-OH is 1. The third kappa shape index (κ3) is 6.00. The third-order valence-corrected chi connectivity index (χ3v) is 9.11. The minimum atomic E-state index is -1.67. The number of hydrogen-bond donors (Lipinski definition) is 2. The zero-order valence-electron chi connectivity index (χ0n) is 18.1. The van der Waals surface area contributed by atoms with E-state index in [-0.39, 0.29) is 58.7 Å². The number of rotatable bonds is 4.